The normalized spacial score (nSPS) is 14.7. The lowest BCUT2D eigenvalue weighted by molar-refractivity contribution is 0.0716. The van der Waals surface area contributed by atoms with Crippen LogP contribution < -0.4 is 4.74 Å². The number of hydrogen-bond acceptors (Lipinski definition) is 4. The Morgan fingerprint density at radius 3 is 2.16 bits per heavy atom. The number of halogens is 1. The Labute approximate surface area is 195 Å². The number of rotatable bonds is 8. The summed E-state index contributed by atoms with van der Waals surface area (Å²) in [7, 11) is 0. The van der Waals surface area contributed by atoms with E-state index in [0.717, 1.165) is 19.5 Å². The molecule has 1 N–H and O–H groups in total. The number of ether oxygens (including phenoxy) is 1. The highest BCUT2D eigenvalue weighted by molar-refractivity contribution is 6.08. The fourth-order valence-electron chi connectivity index (χ4n) is 3.79. The molecule has 0 aromatic heterocycles. The van der Waals surface area contributed by atoms with Crippen LogP contribution in [0.5, 0.6) is 5.75 Å². The first kappa shape index (κ1) is 23.7. The molecule has 1 aliphatic heterocycles. The average molecular weight is 450 g/mol. The minimum absolute atomic E-state index is 0. The smallest absolute Gasteiger partial charge is 0.193 e. The molecule has 1 aliphatic rings. The van der Waals surface area contributed by atoms with Crippen LogP contribution in [0.15, 0.2) is 91.0 Å². The molecule has 5 heteroatoms. The van der Waals surface area contributed by atoms with Gasteiger partial charge in [0.1, 0.15) is 18.5 Å². The van der Waals surface area contributed by atoms with E-state index >= 15 is 0 Å². The number of hydrogen-bond donors (Lipinski definition) is 1. The maximum atomic E-state index is 12.5. The van der Waals surface area contributed by atoms with Crippen LogP contribution in [0.1, 0.15) is 27.9 Å². The lowest BCUT2D eigenvalue weighted by atomic mass is 9.99. The zero-order chi connectivity index (χ0) is 21.5. The lowest BCUT2D eigenvalue weighted by Gasteiger charge is -2.28. The van der Waals surface area contributed by atoms with E-state index in [4.69, 9.17) is 4.74 Å². The quantitative estimate of drug-likeness (QED) is 0.498. The molecule has 4 nitrogen and oxygen atoms in total. The molecule has 166 valence electrons. The van der Waals surface area contributed by atoms with Crippen molar-refractivity contribution >= 4 is 23.8 Å². The summed E-state index contributed by atoms with van der Waals surface area (Å²) in [6.07, 6.45) is 2.65. The van der Waals surface area contributed by atoms with Gasteiger partial charge < -0.3 is 9.84 Å². The molecule has 0 bridgehead atoms. The third-order valence-electron chi connectivity index (χ3n) is 5.50. The molecule has 0 saturated heterocycles. The van der Waals surface area contributed by atoms with Crippen molar-refractivity contribution in [1.29, 1.82) is 0 Å². The average Bonchev–Trinajstić information content (AvgIpc) is 2.84. The Bertz CT molecular complexity index is 1020. The van der Waals surface area contributed by atoms with E-state index in [0.29, 0.717) is 23.4 Å². The van der Waals surface area contributed by atoms with Crippen molar-refractivity contribution in [3.63, 3.8) is 0 Å². The summed E-state index contributed by atoms with van der Waals surface area (Å²) in [6.45, 7) is 2.55. The van der Waals surface area contributed by atoms with Crippen molar-refractivity contribution in [3.8, 4) is 5.75 Å². The van der Waals surface area contributed by atoms with Gasteiger partial charge in [-0.3, -0.25) is 9.69 Å². The number of β-amino-alcohol motifs (C(OH)–C–C–N with tert-alkyl or cyclic N) is 1. The first-order valence-corrected chi connectivity index (χ1v) is 10.7. The molecule has 4 rings (SSSR count). The monoisotopic (exact) mass is 449 g/mol. The second-order valence-corrected chi connectivity index (χ2v) is 7.79. The second kappa shape index (κ2) is 11.6. The van der Waals surface area contributed by atoms with Gasteiger partial charge in [-0.25, -0.2) is 0 Å². The highest BCUT2D eigenvalue weighted by Gasteiger charge is 2.17. The Kier molecular flexibility index (Phi) is 8.63. The standard InChI is InChI=1S/C27H27NO3.ClH/c29-25(19-28-17-15-22(16-18-28)21-7-3-1-4-8-21)20-31-26-13-11-24(12-14-26)27(30)23-9-5-2-6-10-23;/h1-15,25,29H,16-20H2;1H. The number of aliphatic hydroxyl groups excluding tert-OH is 1. The molecule has 3 aromatic carbocycles. The third kappa shape index (κ3) is 6.30. The Morgan fingerprint density at radius 2 is 1.53 bits per heavy atom. The lowest BCUT2D eigenvalue weighted by Crippen LogP contribution is -2.38. The molecule has 32 heavy (non-hydrogen) atoms. The van der Waals surface area contributed by atoms with Crippen LogP contribution >= 0.6 is 12.4 Å². The van der Waals surface area contributed by atoms with Crippen molar-refractivity contribution in [2.45, 2.75) is 12.5 Å². The zero-order valence-electron chi connectivity index (χ0n) is 17.9. The van der Waals surface area contributed by atoms with Gasteiger partial charge in [-0.1, -0.05) is 66.7 Å². The van der Waals surface area contributed by atoms with E-state index in [1.54, 1.807) is 24.3 Å². The summed E-state index contributed by atoms with van der Waals surface area (Å²) >= 11 is 0. The second-order valence-electron chi connectivity index (χ2n) is 7.79. The highest BCUT2D eigenvalue weighted by atomic mass is 35.5. The molecule has 1 atom stereocenters. The van der Waals surface area contributed by atoms with Gasteiger partial charge in [0.25, 0.3) is 0 Å². The fourth-order valence-corrected chi connectivity index (χ4v) is 3.79. The molecule has 0 fully saturated rings. The number of benzene rings is 3. The van der Waals surface area contributed by atoms with Gasteiger partial charge in [-0.15, -0.1) is 12.4 Å². The van der Waals surface area contributed by atoms with Gasteiger partial charge in [0, 0.05) is 30.8 Å². The van der Waals surface area contributed by atoms with Crippen LogP contribution in [-0.2, 0) is 0 Å². The van der Waals surface area contributed by atoms with Gasteiger partial charge >= 0.3 is 0 Å². The molecule has 1 heterocycles. The van der Waals surface area contributed by atoms with Gasteiger partial charge in [-0.05, 0) is 41.8 Å². The van der Waals surface area contributed by atoms with Gasteiger partial charge in [0.05, 0.1) is 0 Å². The third-order valence-corrected chi connectivity index (χ3v) is 5.50. The van der Waals surface area contributed by atoms with Crippen LogP contribution in [0.3, 0.4) is 0 Å². The van der Waals surface area contributed by atoms with E-state index in [9.17, 15) is 9.90 Å². The van der Waals surface area contributed by atoms with E-state index in [1.165, 1.54) is 11.1 Å². The predicted octanol–water partition coefficient (Wildman–Crippen LogP) is 4.87. The minimum Gasteiger partial charge on any atom is -0.491 e. The molecule has 1 unspecified atom stereocenters. The molecule has 0 saturated carbocycles. The summed E-state index contributed by atoms with van der Waals surface area (Å²) in [6, 6.07) is 26.7. The van der Waals surface area contributed by atoms with Crippen LogP contribution in [0.4, 0.5) is 0 Å². The van der Waals surface area contributed by atoms with E-state index in [2.05, 4.69) is 35.2 Å². The SMILES string of the molecule is Cl.O=C(c1ccccc1)c1ccc(OCC(O)CN2CC=C(c3ccccc3)CC2)cc1. The summed E-state index contributed by atoms with van der Waals surface area (Å²) in [4.78, 5) is 14.7. The van der Waals surface area contributed by atoms with Crippen molar-refractivity contribution in [2.75, 3.05) is 26.2 Å². The Balaban J connectivity index is 0.00000289. The predicted molar refractivity (Wildman–Crippen MR) is 131 cm³/mol. The number of carbonyl (C=O) groups excluding carboxylic acids is 1. The number of aliphatic hydroxyl groups is 1. The van der Waals surface area contributed by atoms with Crippen LogP contribution in [0.25, 0.3) is 5.57 Å². The van der Waals surface area contributed by atoms with Crippen molar-refractivity contribution in [1.82, 2.24) is 4.90 Å². The molecule has 0 amide bonds. The van der Waals surface area contributed by atoms with E-state index in [-0.39, 0.29) is 24.8 Å². The maximum Gasteiger partial charge on any atom is 0.193 e. The minimum atomic E-state index is -0.572. The molecule has 0 radical (unpaired) electrons. The van der Waals surface area contributed by atoms with Crippen molar-refractivity contribution in [3.05, 3.63) is 108 Å². The van der Waals surface area contributed by atoms with Gasteiger partial charge in [0.2, 0.25) is 0 Å². The Morgan fingerprint density at radius 1 is 0.906 bits per heavy atom. The fraction of sp³-hybridized carbons (Fsp3) is 0.222. The topological polar surface area (TPSA) is 49.8 Å². The summed E-state index contributed by atoms with van der Waals surface area (Å²) in [5.74, 6) is 0.633. The largest absolute Gasteiger partial charge is 0.491 e. The number of carbonyl (C=O) groups is 1. The van der Waals surface area contributed by atoms with Crippen LogP contribution in [0.2, 0.25) is 0 Å². The first-order chi connectivity index (χ1) is 15.2. The summed E-state index contributed by atoms with van der Waals surface area (Å²) in [5, 5.41) is 10.4. The number of ketones is 1. The van der Waals surface area contributed by atoms with Crippen molar-refractivity contribution < 1.29 is 14.6 Å². The summed E-state index contributed by atoms with van der Waals surface area (Å²) < 4.78 is 5.74. The molecular weight excluding hydrogens is 422 g/mol. The van der Waals surface area contributed by atoms with Gasteiger partial charge in [0.15, 0.2) is 5.78 Å². The van der Waals surface area contributed by atoms with Crippen molar-refractivity contribution in [2.24, 2.45) is 0 Å². The Hall–Kier alpha value is -2.92. The van der Waals surface area contributed by atoms with Crippen LogP contribution in [-0.4, -0.2) is 48.1 Å². The molecule has 0 aliphatic carbocycles. The number of nitrogens with zero attached hydrogens (tertiary/aromatic N) is 1. The molecule has 3 aromatic rings. The van der Waals surface area contributed by atoms with E-state index < -0.39 is 6.10 Å². The zero-order valence-corrected chi connectivity index (χ0v) is 18.7. The highest BCUT2D eigenvalue weighted by Crippen LogP contribution is 2.22. The van der Waals surface area contributed by atoms with E-state index in [1.807, 2.05) is 36.4 Å². The maximum absolute atomic E-state index is 12.5. The molecule has 0 spiro atoms. The van der Waals surface area contributed by atoms with Gasteiger partial charge in [-0.2, -0.15) is 0 Å². The summed E-state index contributed by atoms with van der Waals surface area (Å²) in [5.41, 5.74) is 3.93. The molecular formula is C27H28ClNO3. The van der Waals surface area contributed by atoms with Crippen LogP contribution in [0, 0.1) is 0 Å². The first-order valence-electron chi connectivity index (χ1n) is 10.7.